The van der Waals surface area contributed by atoms with Gasteiger partial charge in [0.05, 0.1) is 33.0 Å². The van der Waals surface area contributed by atoms with Gasteiger partial charge in [-0.1, -0.05) is 17.7 Å². The summed E-state index contributed by atoms with van der Waals surface area (Å²) in [5.74, 6) is -0.894. The third kappa shape index (κ3) is 4.91. The van der Waals surface area contributed by atoms with E-state index in [-0.39, 0.29) is 54.9 Å². The van der Waals surface area contributed by atoms with E-state index < -0.39 is 34.5 Å². The summed E-state index contributed by atoms with van der Waals surface area (Å²) in [6.07, 6.45) is 1.16. The van der Waals surface area contributed by atoms with E-state index in [1.807, 2.05) is 19.9 Å². The van der Waals surface area contributed by atoms with Crippen LogP contribution in [0.4, 0.5) is 24.0 Å². The Bertz CT molecular complexity index is 2000. The zero-order valence-corrected chi connectivity index (χ0v) is 27.5. The molecule has 3 N–H and O–H groups in total. The number of ether oxygens (including phenoxy) is 2. The van der Waals surface area contributed by atoms with Crippen molar-refractivity contribution in [2.24, 2.45) is 0 Å². The quantitative estimate of drug-likeness (QED) is 0.269. The van der Waals surface area contributed by atoms with Crippen LogP contribution < -0.4 is 20.7 Å². The van der Waals surface area contributed by atoms with Crippen LogP contribution in [-0.2, 0) is 4.74 Å². The fraction of sp³-hybridized carbons (Fsp3) is 0.485. The van der Waals surface area contributed by atoms with E-state index in [4.69, 9.17) is 31.8 Å². The summed E-state index contributed by atoms with van der Waals surface area (Å²) in [5, 5.41) is 13.9. The first-order valence-corrected chi connectivity index (χ1v) is 16.9. The molecule has 4 aliphatic heterocycles. The predicted molar refractivity (Wildman–Crippen MR) is 176 cm³/mol. The number of anilines is 2. The number of nitrogen functional groups attached to an aromatic ring is 1. The highest BCUT2D eigenvalue weighted by molar-refractivity contribution is 7.23. The lowest BCUT2D eigenvalue weighted by molar-refractivity contribution is -0.173. The number of benzene rings is 2. The Morgan fingerprint density at radius 1 is 1.26 bits per heavy atom. The average molecular weight is 684 g/mol. The molecule has 0 radical (unpaired) electrons. The normalized spacial score (nSPS) is 25.0. The first-order chi connectivity index (χ1) is 22.4. The average Bonchev–Trinajstić information content (AvgIpc) is 3.64. The van der Waals surface area contributed by atoms with Crippen LogP contribution in [0.2, 0.25) is 5.02 Å². The van der Waals surface area contributed by atoms with Crippen LogP contribution in [0, 0.1) is 23.0 Å². The van der Waals surface area contributed by atoms with Crippen LogP contribution >= 0.6 is 22.9 Å². The fourth-order valence-electron chi connectivity index (χ4n) is 8.12. The van der Waals surface area contributed by atoms with E-state index in [2.05, 4.69) is 20.1 Å². The number of thiophene rings is 1. The SMILES string of the molecule is CC1(C)CN(c2nc(OC[C@@]34CCCN3C[C@H](F)C4)nc3c(F)c(-c4ccc(F)c5sc(N)c(C#N)c45)c(Cl)cc23)CC2(CNC2)O1. The third-order valence-electron chi connectivity index (χ3n) is 10.0. The van der Waals surface area contributed by atoms with E-state index >= 15 is 4.39 Å². The van der Waals surface area contributed by atoms with Crippen LogP contribution in [0.25, 0.3) is 32.1 Å². The Labute approximate surface area is 278 Å². The standard InChI is InChI=1S/C33H33ClF3N7O2S/c1-31(2)14-43(15-33(46-31)12-40-13-33)29-19-8-21(34)24(18-4-5-22(36)27-23(18)20(10-38)28(39)47-27)25(37)26(19)41-30(42-29)45-16-32-6-3-7-44(32)11-17(35)9-32/h4-5,8,17,40H,3,6-7,9,11-16,39H2,1-2H3/t17-,32+/m1/s1. The van der Waals surface area contributed by atoms with E-state index in [1.54, 1.807) is 6.07 Å². The summed E-state index contributed by atoms with van der Waals surface area (Å²) < 4.78 is 59.4. The topological polar surface area (TPSA) is 113 Å². The number of alkyl halides is 1. The molecule has 14 heteroatoms. The molecule has 4 aromatic rings. The molecule has 0 aliphatic carbocycles. The van der Waals surface area contributed by atoms with Crippen molar-refractivity contribution in [3.8, 4) is 23.2 Å². The molecule has 2 atom stereocenters. The Balaban J connectivity index is 1.30. The molecule has 2 aromatic heterocycles. The molecule has 4 aliphatic rings. The predicted octanol–water partition coefficient (Wildman–Crippen LogP) is 5.81. The highest BCUT2D eigenvalue weighted by Crippen LogP contribution is 2.47. The van der Waals surface area contributed by atoms with Gasteiger partial charge in [-0.05, 0) is 50.9 Å². The van der Waals surface area contributed by atoms with E-state index in [1.165, 1.54) is 12.1 Å². The van der Waals surface area contributed by atoms with Crippen molar-refractivity contribution >= 4 is 54.7 Å². The number of nitrogens with zero attached hydrogens (tertiary/aromatic N) is 5. The van der Waals surface area contributed by atoms with E-state index in [0.29, 0.717) is 50.3 Å². The highest BCUT2D eigenvalue weighted by atomic mass is 35.5. The Morgan fingerprint density at radius 3 is 2.81 bits per heavy atom. The van der Waals surface area contributed by atoms with Crippen molar-refractivity contribution in [3.05, 3.63) is 40.4 Å². The second-order valence-corrected chi connectivity index (χ2v) is 15.4. The largest absolute Gasteiger partial charge is 0.461 e. The molecule has 9 nitrogen and oxygen atoms in total. The van der Waals surface area contributed by atoms with Gasteiger partial charge in [0.15, 0.2) is 5.82 Å². The monoisotopic (exact) mass is 683 g/mol. The first kappa shape index (κ1) is 30.9. The van der Waals surface area contributed by atoms with Gasteiger partial charge < -0.3 is 25.4 Å². The second-order valence-electron chi connectivity index (χ2n) is 13.9. The van der Waals surface area contributed by atoms with Gasteiger partial charge in [-0.25, -0.2) is 13.2 Å². The molecule has 0 saturated carbocycles. The minimum absolute atomic E-state index is 0.0324. The number of hydrogen-bond donors (Lipinski definition) is 2. The molecule has 0 unspecified atom stereocenters. The molecule has 246 valence electrons. The van der Waals surface area contributed by atoms with Crippen LogP contribution in [0.15, 0.2) is 18.2 Å². The molecular formula is C33H33ClF3N7O2S. The van der Waals surface area contributed by atoms with Gasteiger partial charge >= 0.3 is 6.01 Å². The van der Waals surface area contributed by atoms with Crippen LogP contribution in [0.1, 0.15) is 38.7 Å². The number of nitrogens with two attached hydrogens (primary N) is 1. The maximum atomic E-state index is 17.1. The van der Waals surface area contributed by atoms with E-state index in [0.717, 1.165) is 30.7 Å². The third-order valence-corrected chi connectivity index (χ3v) is 11.3. The van der Waals surface area contributed by atoms with Crippen molar-refractivity contribution in [1.29, 1.82) is 5.26 Å². The number of halogens is 4. The number of hydrogen-bond acceptors (Lipinski definition) is 10. The minimum atomic E-state index is -0.936. The molecule has 1 spiro atoms. The molecule has 2 aromatic carbocycles. The summed E-state index contributed by atoms with van der Waals surface area (Å²) >= 11 is 7.81. The number of morpholine rings is 1. The summed E-state index contributed by atoms with van der Waals surface area (Å²) in [6, 6.07) is 6.23. The van der Waals surface area contributed by atoms with E-state index in [9.17, 15) is 14.0 Å². The van der Waals surface area contributed by atoms with Gasteiger partial charge in [-0.15, -0.1) is 11.3 Å². The summed E-state index contributed by atoms with van der Waals surface area (Å²) in [4.78, 5) is 13.6. The van der Waals surface area contributed by atoms with Gasteiger partial charge in [-0.3, -0.25) is 4.90 Å². The summed E-state index contributed by atoms with van der Waals surface area (Å²) in [6.45, 7) is 7.62. The van der Waals surface area contributed by atoms with Gasteiger partial charge in [0.25, 0.3) is 0 Å². The summed E-state index contributed by atoms with van der Waals surface area (Å²) in [5.41, 5.74) is 4.83. The number of rotatable bonds is 5. The second kappa shape index (κ2) is 10.8. The Hall–Kier alpha value is -3.41. The van der Waals surface area contributed by atoms with Crippen LogP contribution in [0.5, 0.6) is 6.01 Å². The lowest BCUT2D eigenvalue weighted by Crippen LogP contribution is -2.72. The number of nitriles is 1. The molecule has 4 saturated heterocycles. The van der Waals surface area contributed by atoms with Crippen molar-refractivity contribution in [3.63, 3.8) is 0 Å². The van der Waals surface area contributed by atoms with Crippen molar-refractivity contribution in [2.45, 2.75) is 56.0 Å². The first-order valence-electron chi connectivity index (χ1n) is 15.7. The summed E-state index contributed by atoms with van der Waals surface area (Å²) in [7, 11) is 0. The molecule has 47 heavy (non-hydrogen) atoms. The smallest absolute Gasteiger partial charge is 0.319 e. The molecule has 6 heterocycles. The van der Waals surface area contributed by atoms with Crippen LogP contribution in [-0.4, -0.2) is 83.7 Å². The van der Waals surface area contributed by atoms with Crippen molar-refractivity contribution in [2.75, 3.05) is 56.5 Å². The maximum absolute atomic E-state index is 17.1. The zero-order valence-electron chi connectivity index (χ0n) is 25.9. The van der Waals surface area contributed by atoms with Gasteiger partial charge in [-0.2, -0.15) is 15.2 Å². The number of nitrogens with one attached hydrogen (secondary N) is 1. The zero-order chi connectivity index (χ0) is 32.9. The molecule has 0 bridgehead atoms. The molecule has 8 rings (SSSR count). The lowest BCUT2D eigenvalue weighted by Gasteiger charge is -2.54. The molecule has 0 amide bonds. The highest BCUT2D eigenvalue weighted by Gasteiger charge is 2.50. The number of fused-ring (bicyclic) bond motifs is 3. The van der Waals surface area contributed by atoms with Crippen molar-refractivity contribution < 1.29 is 22.6 Å². The minimum Gasteiger partial charge on any atom is -0.461 e. The Morgan fingerprint density at radius 2 is 2.06 bits per heavy atom. The molecule has 4 fully saturated rings. The Kier molecular flexibility index (Phi) is 7.10. The lowest BCUT2D eigenvalue weighted by atomic mass is 9.90. The number of aromatic nitrogens is 2. The van der Waals surface area contributed by atoms with Gasteiger partial charge in [0, 0.05) is 48.9 Å². The van der Waals surface area contributed by atoms with Gasteiger partial charge in [0.2, 0.25) is 0 Å². The maximum Gasteiger partial charge on any atom is 0.319 e. The van der Waals surface area contributed by atoms with Gasteiger partial charge in [0.1, 0.15) is 46.6 Å². The van der Waals surface area contributed by atoms with Crippen molar-refractivity contribution in [1.82, 2.24) is 20.2 Å². The molecular weight excluding hydrogens is 651 g/mol. The fourth-order valence-corrected chi connectivity index (χ4v) is 9.36. The van der Waals surface area contributed by atoms with Crippen LogP contribution in [0.3, 0.4) is 0 Å².